The van der Waals surface area contributed by atoms with Crippen LogP contribution in [0.1, 0.15) is 6.92 Å². The standard InChI is InChI=1S/C9H11Cl2NO/c1-6(5-12)13-9-3-2-7(10)4-8(9)11/h2-4,6H,5,12H2,1H3/t6-/m1/s1. The van der Waals surface area contributed by atoms with E-state index in [9.17, 15) is 0 Å². The fourth-order valence-corrected chi connectivity index (χ4v) is 1.29. The Morgan fingerprint density at radius 2 is 2.15 bits per heavy atom. The molecule has 1 rings (SSSR count). The van der Waals surface area contributed by atoms with Crippen molar-refractivity contribution < 1.29 is 4.74 Å². The van der Waals surface area contributed by atoms with Crippen LogP contribution >= 0.6 is 23.2 Å². The molecule has 0 aromatic heterocycles. The van der Waals surface area contributed by atoms with Gasteiger partial charge < -0.3 is 10.5 Å². The van der Waals surface area contributed by atoms with Crippen molar-refractivity contribution in [1.29, 1.82) is 0 Å². The van der Waals surface area contributed by atoms with Gasteiger partial charge in [0.1, 0.15) is 11.9 Å². The van der Waals surface area contributed by atoms with Crippen LogP contribution in [-0.4, -0.2) is 12.6 Å². The van der Waals surface area contributed by atoms with Crippen LogP contribution in [0.3, 0.4) is 0 Å². The van der Waals surface area contributed by atoms with Gasteiger partial charge in [0.15, 0.2) is 0 Å². The predicted molar refractivity (Wildman–Crippen MR) is 55.6 cm³/mol. The van der Waals surface area contributed by atoms with Crippen molar-refractivity contribution in [2.45, 2.75) is 13.0 Å². The summed E-state index contributed by atoms with van der Waals surface area (Å²) in [5.41, 5.74) is 5.41. The van der Waals surface area contributed by atoms with Gasteiger partial charge in [0, 0.05) is 11.6 Å². The van der Waals surface area contributed by atoms with E-state index in [1.165, 1.54) is 0 Å². The highest BCUT2D eigenvalue weighted by atomic mass is 35.5. The third-order valence-electron chi connectivity index (χ3n) is 1.55. The molecule has 0 saturated heterocycles. The number of rotatable bonds is 3. The second-order valence-electron chi connectivity index (χ2n) is 2.74. The van der Waals surface area contributed by atoms with Gasteiger partial charge in [0.2, 0.25) is 0 Å². The molecule has 0 unspecified atom stereocenters. The normalized spacial score (nSPS) is 12.6. The number of hydrogen-bond acceptors (Lipinski definition) is 2. The average Bonchev–Trinajstić information content (AvgIpc) is 2.09. The highest BCUT2D eigenvalue weighted by molar-refractivity contribution is 6.35. The van der Waals surface area contributed by atoms with Gasteiger partial charge in [-0.15, -0.1) is 0 Å². The molecule has 0 aliphatic heterocycles. The van der Waals surface area contributed by atoms with Crippen molar-refractivity contribution >= 4 is 23.2 Å². The number of nitrogens with two attached hydrogens (primary N) is 1. The van der Waals surface area contributed by atoms with Crippen LogP contribution in [0.15, 0.2) is 18.2 Å². The first-order chi connectivity index (χ1) is 6.13. The van der Waals surface area contributed by atoms with Gasteiger partial charge in [-0.3, -0.25) is 0 Å². The zero-order valence-electron chi connectivity index (χ0n) is 7.26. The lowest BCUT2D eigenvalue weighted by molar-refractivity contribution is 0.230. The SMILES string of the molecule is C[C@H](CN)Oc1ccc(Cl)cc1Cl. The van der Waals surface area contributed by atoms with E-state index in [0.29, 0.717) is 22.3 Å². The first-order valence-corrected chi connectivity index (χ1v) is 4.71. The smallest absolute Gasteiger partial charge is 0.138 e. The molecule has 0 aliphatic rings. The minimum absolute atomic E-state index is 0.0429. The average molecular weight is 220 g/mol. The van der Waals surface area contributed by atoms with Crippen LogP contribution in [0.5, 0.6) is 5.75 Å². The van der Waals surface area contributed by atoms with Crippen molar-refractivity contribution in [3.8, 4) is 5.75 Å². The Bertz CT molecular complexity index is 291. The van der Waals surface area contributed by atoms with Crippen molar-refractivity contribution in [2.24, 2.45) is 5.73 Å². The molecule has 2 N–H and O–H groups in total. The molecule has 1 atom stereocenters. The molecule has 0 fully saturated rings. The van der Waals surface area contributed by atoms with Crippen LogP contribution in [0, 0.1) is 0 Å². The Morgan fingerprint density at radius 3 is 2.69 bits per heavy atom. The summed E-state index contributed by atoms with van der Waals surface area (Å²) in [6.07, 6.45) is -0.0429. The summed E-state index contributed by atoms with van der Waals surface area (Å²) in [7, 11) is 0. The lowest BCUT2D eigenvalue weighted by atomic mass is 10.3. The van der Waals surface area contributed by atoms with Gasteiger partial charge in [0.05, 0.1) is 5.02 Å². The Kier molecular flexibility index (Phi) is 3.85. The van der Waals surface area contributed by atoms with E-state index in [-0.39, 0.29) is 6.10 Å². The summed E-state index contributed by atoms with van der Waals surface area (Å²) in [5, 5.41) is 1.10. The number of benzene rings is 1. The van der Waals surface area contributed by atoms with E-state index in [0.717, 1.165) is 0 Å². The summed E-state index contributed by atoms with van der Waals surface area (Å²) in [5.74, 6) is 0.615. The van der Waals surface area contributed by atoms with Crippen LogP contribution in [-0.2, 0) is 0 Å². The van der Waals surface area contributed by atoms with Crippen molar-refractivity contribution in [3.63, 3.8) is 0 Å². The number of halogens is 2. The molecule has 2 nitrogen and oxygen atoms in total. The Morgan fingerprint density at radius 1 is 1.46 bits per heavy atom. The monoisotopic (exact) mass is 219 g/mol. The first-order valence-electron chi connectivity index (χ1n) is 3.95. The lowest BCUT2D eigenvalue weighted by Crippen LogP contribution is -2.22. The summed E-state index contributed by atoms with van der Waals surface area (Å²) < 4.78 is 5.43. The summed E-state index contributed by atoms with van der Waals surface area (Å²) in [6, 6.07) is 5.10. The number of hydrogen-bond donors (Lipinski definition) is 1. The van der Waals surface area contributed by atoms with Gasteiger partial charge in [0.25, 0.3) is 0 Å². The van der Waals surface area contributed by atoms with Crippen molar-refractivity contribution in [1.82, 2.24) is 0 Å². The van der Waals surface area contributed by atoms with E-state index < -0.39 is 0 Å². The second kappa shape index (κ2) is 4.70. The summed E-state index contributed by atoms with van der Waals surface area (Å²) >= 11 is 11.6. The fraction of sp³-hybridized carbons (Fsp3) is 0.333. The molecule has 0 amide bonds. The van der Waals surface area contributed by atoms with Crippen molar-refractivity contribution in [2.75, 3.05) is 6.54 Å². The molecule has 0 heterocycles. The Labute approximate surface area is 87.6 Å². The highest BCUT2D eigenvalue weighted by Crippen LogP contribution is 2.27. The molecule has 4 heteroatoms. The lowest BCUT2D eigenvalue weighted by Gasteiger charge is -2.13. The summed E-state index contributed by atoms with van der Waals surface area (Å²) in [4.78, 5) is 0. The molecule has 72 valence electrons. The zero-order chi connectivity index (χ0) is 9.84. The van der Waals surface area contributed by atoms with Crippen LogP contribution < -0.4 is 10.5 Å². The van der Waals surface area contributed by atoms with Crippen LogP contribution in [0.2, 0.25) is 10.0 Å². The molecule has 1 aromatic rings. The molecule has 0 spiro atoms. The van der Waals surface area contributed by atoms with Gasteiger partial charge in [-0.05, 0) is 25.1 Å². The third-order valence-corrected chi connectivity index (χ3v) is 2.08. The Balaban J connectivity index is 2.77. The predicted octanol–water partition coefficient (Wildman–Crippen LogP) is 2.72. The van der Waals surface area contributed by atoms with Gasteiger partial charge in [-0.2, -0.15) is 0 Å². The highest BCUT2D eigenvalue weighted by Gasteiger charge is 2.05. The molecule has 1 aromatic carbocycles. The van der Waals surface area contributed by atoms with E-state index in [1.54, 1.807) is 18.2 Å². The minimum Gasteiger partial charge on any atom is -0.488 e. The maximum atomic E-state index is 5.88. The molecular weight excluding hydrogens is 209 g/mol. The quantitative estimate of drug-likeness (QED) is 0.849. The molecule has 13 heavy (non-hydrogen) atoms. The van der Waals surface area contributed by atoms with E-state index in [1.807, 2.05) is 6.92 Å². The molecule has 0 aliphatic carbocycles. The number of ether oxygens (including phenoxy) is 1. The van der Waals surface area contributed by atoms with E-state index >= 15 is 0 Å². The fourth-order valence-electron chi connectivity index (χ4n) is 0.836. The minimum atomic E-state index is -0.0429. The third kappa shape index (κ3) is 3.07. The van der Waals surface area contributed by atoms with Gasteiger partial charge in [-0.25, -0.2) is 0 Å². The van der Waals surface area contributed by atoms with E-state index in [2.05, 4.69) is 0 Å². The van der Waals surface area contributed by atoms with Gasteiger partial charge >= 0.3 is 0 Å². The van der Waals surface area contributed by atoms with Crippen LogP contribution in [0.25, 0.3) is 0 Å². The van der Waals surface area contributed by atoms with Crippen molar-refractivity contribution in [3.05, 3.63) is 28.2 Å². The molecular formula is C9H11Cl2NO. The van der Waals surface area contributed by atoms with E-state index in [4.69, 9.17) is 33.7 Å². The maximum absolute atomic E-state index is 5.88. The maximum Gasteiger partial charge on any atom is 0.138 e. The summed E-state index contributed by atoms with van der Waals surface area (Å²) in [6.45, 7) is 2.34. The zero-order valence-corrected chi connectivity index (χ0v) is 8.77. The van der Waals surface area contributed by atoms with Gasteiger partial charge in [-0.1, -0.05) is 23.2 Å². The molecule has 0 radical (unpaired) electrons. The first kappa shape index (κ1) is 10.6. The Hall–Kier alpha value is -0.440. The molecule has 0 saturated carbocycles. The molecule has 0 bridgehead atoms. The van der Waals surface area contributed by atoms with Crippen LogP contribution in [0.4, 0.5) is 0 Å². The second-order valence-corrected chi connectivity index (χ2v) is 3.58. The topological polar surface area (TPSA) is 35.2 Å². The largest absolute Gasteiger partial charge is 0.488 e.